The average Bonchev–Trinajstić information content (AvgIpc) is 2.03. The molecule has 0 saturated heterocycles. The highest BCUT2D eigenvalue weighted by Crippen LogP contribution is 2.01. The van der Waals surface area contributed by atoms with Gasteiger partial charge in [0.25, 0.3) is 0 Å². The Morgan fingerprint density at radius 3 is 2.36 bits per heavy atom. The standard InChI is InChI=1S/C8H18O3/c1-3-5-6-11-8(10)7(9)4-2/h7-10H,3-6H2,1-2H3. The summed E-state index contributed by atoms with van der Waals surface area (Å²) in [5.41, 5.74) is 0. The van der Waals surface area contributed by atoms with Crippen LogP contribution in [0.3, 0.4) is 0 Å². The monoisotopic (exact) mass is 162 g/mol. The van der Waals surface area contributed by atoms with E-state index in [1.165, 1.54) is 0 Å². The zero-order valence-electron chi connectivity index (χ0n) is 7.29. The van der Waals surface area contributed by atoms with Gasteiger partial charge in [-0.3, -0.25) is 0 Å². The molecule has 0 saturated carbocycles. The van der Waals surface area contributed by atoms with E-state index in [9.17, 15) is 0 Å². The Morgan fingerprint density at radius 2 is 1.91 bits per heavy atom. The molecule has 0 aliphatic carbocycles. The Labute approximate surface area is 68.0 Å². The number of ether oxygens (including phenoxy) is 1. The van der Waals surface area contributed by atoms with Gasteiger partial charge in [-0.05, 0) is 12.8 Å². The van der Waals surface area contributed by atoms with Crippen molar-refractivity contribution >= 4 is 0 Å². The smallest absolute Gasteiger partial charge is 0.180 e. The maximum Gasteiger partial charge on any atom is 0.180 e. The first-order chi connectivity index (χ1) is 5.22. The van der Waals surface area contributed by atoms with E-state index < -0.39 is 12.4 Å². The number of hydrogen-bond acceptors (Lipinski definition) is 3. The van der Waals surface area contributed by atoms with E-state index in [1.54, 1.807) is 6.92 Å². The predicted molar refractivity (Wildman–Crippen MR) is 43.2 cm³/mol. The summed E-state index contributed by atoms with van der Waals surface area (Å²) in [6.45, 7) is 4.37. The van der Waals surface area contributed by atoms with E-state index in [1.807, 2.05) is 6.92 Å². The Morgan fingerprint density at radius 1 is 1.27 bits per heavy atom. The van der Waals surface area contributed by atoms with Crippen LogP contribution in [-0.4, -0.2) is 29.2 Å². The summed E-state index contributed by atoms with van der Waals surface area (Å²) in [4.78, 5) is 0. The van der Waals surface area contributed by atoms with E-state index in [-0.39, 0.29) is 0 Å². The fraction of sp³-hybridized carbons (Fsp3) is 1.00. The maximum atomic E-state index is 9.07. The molecule has 0 amide bonds. The van der Waals surface area contributed by atoms with E-state index in [0.717, 1.165) is 12.8 Å². The number of aliphatic hydroxyl groups is 2. The largest absolute Gasteiger partial charge is 0.388 e. The van der Waals surface area contributed by atoms with Crippen molar-refractivity contribution in [2.45, 2.75) is 45.5 Å². The first-order valence-electron chi connectivity index (χ1n) is 4.20. The van der Waals surface area contributed by atoms with Crippen molar-refractivity contribution in [1.29, 1.82) is 0 Å². The van der Waals surface area contributed by atoms with Crippen molar-refractivity contribution in [3.05, 3.63) is 0 Å². The summed E-state index contributed by atoms with van der Waals surface area (Å²) in [6, 6.07) is 0. The Balaban J connectivity index is 3.28. The van der Waals surface area contributed by atoms with E-state index in [2.05, 4.69) is 0 Å². The summed E-state index contributed by atoms with van der Waals surface area (Å²) in [6.07, 6.45) is 0.730. The van der Waals surface area contributed by atoms with E-state index >= 15 is 0 Å². The van der Waals surface area contributed by atoms with Crippen molar-refractivity contribution in [1.82, 2.24) is 0 Å². The number of hydrogen-bond donors (Lipinski definition) is 2. The van der Waals surface area contributed by atoms with Crippen LogP contribution >= 0.6 is 0 Å². The van der Waals surface area contributed by atoms with E-state index in [4.69, 9.17) is 14.9 Å². The molecule has 0 aromatic carbocycles. The van der Waals surface area contributed by atoms with Crippen LogP contribution in [0, 0.1) is 0 Å². The Bertz CT molecular complexity index is 85.4. The van der Waals surface area contributed by atoms with Gasteiger partial charge in [0.15, 0.2) is 6.29 Å². The van der Waals surface area contributed by atoms with Crippen LogP contribution in [-0.2, 0) is 4.74 Å². The van der Waals surface area contributed by atoms with Gasteiger partial charge in [0.1, 0.15) is 6.10 Å². The summed E-state index contributed by atoms with van der Waals surface area (Å²) in [5.74, 6) is 0. The topological polar surface area (TPSA) is 49.7 Å². The summed E-state index contributed by atoms with van der Waals surface area (Å²) in [7, 11) is 0. The van der Waals surface area contributed by atoms with Crippen molar-refractivity contribution in [2.75, 3.05) is 6.61 Å². The van der Waals surface area contributed by atoms with Crippen molar-refractivity contribution in [3.63, 3.8) is 0 Å². The first-order valence-corrected chi connectivity index (χ1v) is 4.20. The summed E-state index contributed by atoms with van der Waals surface area (Å²) in [5, 5.41) is 18.1. The van der Waals surface area contributed by atoms with Crippen LogP contribution in [0.25, 0.3) is 0 Å². The minimum absolute atomic E-state index is 0.521. The van der Waals surface area contributed by atoms with Gasteiger partial charge in [-0.2, -0.15) is 0 Å². The second-order valence-corrected chi connectivity index (χ2v) is 2.59. The molecule has 0 aromatic heterocycles. The molecular weight excluding hydrogens is 144 g/mol. The molecule has 0 bridgehead atoms. The molecule has 11 heavy (non-hydrogen) atoms. The van der Waals surface area contributed by atoms with Gasteiger partial charge < -0.3 is 14.9 Å². The average molecular weight is 162 g/mol. The van der Waals surface area contributed by atoms with Gasteiger partial charge in [-0.15, -0.1) is 0 Å². The molecular formula is C8H18O3. The molecule has 0 heterocycles. The lowest BCUT2D eigenvalue weighted by Gasteiger charge is -2.16. The van der Waals surface area contributed by atoms with Crippen LogP contribution < -0.4 is 0 Å². The van der Waals surface area contributed by atoms with Gasteiger partial charge in [-0.1, -0.05) is 20.3 Å². The van der Waals surface area contributed by atoms with E-state index in [0.29, 0.717) is 13.0 Å². The van der Waals surface area contributed by atoms with Gasteiger partial charge in [0.05, 0.1) is 0 Å². The van der Waals surface area contributed by atoms with Crippen LogP contribution in [0.1, 0.15) is 33.1 Å². The lowest BCUT2D eigenvalue weighted by Crippen LogP contribution is -2.28. The molecule has 0 radical (unpaired) electrons. The molecule has 2 N–H and O–H groups in total. The van der Waals surface area contributed by atoms with Crippen LogP contribution in [0.2, 0.25) is 0 Å². The van der Waals surface area contributed by atoms with Crippen molar-refractivity contribution in [2.24, 2.45) is 0 Å². The second-order valence-electron chi connectivity index (χ2n) is 2.59. The molecule has 0 aromatic rings. The molecule has 2 atom stereocenters. The van der Waals surface area contributed by atoms with Gasteiger partial charge >= 0.3 is 0 Å². The lowest BCUT2D eigenvalue weighted by atomic mass is 10.3. The van der Waals surface area contributed by atoms with Crippen LogP contribution in [0.15, 0.2) is 0 Å². The second kappa shape index (κ2) is 6.58. The maximum absolute atomic E-state index is 9.07. The normalized spacial score (nSPS) is 16.4. The third-order valence-corrected chi connectivity index (χ3v) is 1.53. The van der Waals surface area contributed by atoms with Crippen molar-refractivity contribution < 1.29 is 14.9 Å². The molecule has 0 fully saturated rings. The zero-order valence-corrected chi connectivity index (χ0v) is 7.29. The highest BCUT2D eigenvalue weighted by atomic mass is 16.6. The third-order valence-electron chi connectivity index (χ3n) is 1.53. The number of rotatable bonds is 6. The molecule has 3 nitrogen and oxygen atoms in total. The Kier molecular flexibility index (Phi) is 6.51. The Hall–Kier alpha value is -0.120. The van der Waals surface area contributed by atoms with Gasteiger partial charge in [0, 0.05) is 6.61 Å². The molecule has 3 heteroatoms. The lowest BCUT2D eigenvalue weighted by molar-refractivity contribution is -0.162. The highest BCUT2D eigenvalue weighted by molar-refractivity contribution is 4.54. The number of aliphatic hydroxyl groups excluding tert-OH is 2. The van der Waals surface area contributed by atoms with Gasteiger partial charge in [-0.25, -0.2) is 0 Å². The molecule has 0 aliphatic rings. The molecule has 0 aliphatic heterocycles. The zero-order chi connectivity index (χ0) is 8.69. The van der Waals surface area contributed by atoms with Crippen molar-refractivity contribution in [3.8, 4) is 0 Å². The fourth-order valence-electron chi connectivity index (χ4n) is 0.661. The fourth-order valence-corrected chi connectivity index (χ4v) is 0.661. The SMILES string of the molecule is CCCCOC(O)C(O)CC. The number of unbranched alkanes of at least 4 members (excludes halogenated alkanes) is 1. The molecule has 68 valence electrons. The first kappa shape index (κ1) is 10.9. The highest BCUT2D eigenvalue weighted by Gasteiger charge is 2.13. The van der Waals surface area contributed by atoms with Crippen LogP contribution in [0.4, 0.5) is 0 Å². The quantitative estimate of drug-likeness (QED) is 0.450. The molecule has 2 unspecified atom stereocenters. The summed E-state index contributed by atoms with van der Waals surface area (Å²) >= 11 is 0. The molecule has 0 spiro atoms. The summed E-state index contributed by atoms with van der Waals surface area (Å²) < 4.78 is 4.94. The molecule has 0 rings (SSSR count). The van der Waals surface area contributed by atoms with Gasteiger partial charge in [0.2, 0.25) is 0 Å². The third kappa shape index (κ3) is 5.18. The minimum Gasteiger partial charge on any atom is -0.388 e. The predicted octanol–water partition coefficient (Wildman–Crippen LogP) is 0.892. The van der Waals surface area contributed by atoms with Crippen LogP contribution in [0.5, 0.6) is 0 Å². The minimum atomic E-state index is -1.01.